The standard InChI is InChI=1S/CH4O3S.Cl2OS/c1-5(2,3)4;1-4(2)3/h1H3,(H,2,3,4);. The van der Waals surface area contributed by atoms with Crippen LogP contribution in [0, 0.1) is 0 Å². The van der Waals surface area contributed by atoms with Crippen molar-refractivity contribution in [2.45, 2.75) is 0 Å². The second kappa shape index (κ2) is 5.43. The molecule has 4 nitrogen and oxygen atoms in total. The van der Waals surface area contributed by atoms with Crippen LogP contribution in [0.5, 0.6) is 0 Å². The van der Waals surface area contributed by atoms with Crippen molar-refractivity contribution in [3.8, 4) is 0 Å². The van der Waals surface area contributed by atoms with Gasteiger partial charge in [-0.2, -0.15) is 8.42 Å². The van der Waals surface area contributed by atoms with Gasteiger partial charge in [0.1, 0.15) is 0 Å². The summed E-state index contributed by atoms with van der Waals surface area (Å²) in [5.41, 5.74) is 0. The molecule has 0 atom stereocenters. The fraction of sp³-hybridized carbons (Fsp3) is 1.00. The Morgan fingerprint density at radius 3 is 1.44 bits per heavy atom. The zero-order valence-corrected chi connectivity index (χ0v) is 7.39. The first-order valence-electron chi connectivity index (χ1n) is 1.40. The molecule has 0 rings (SSSR count). The third-order valence-electron chi connectivity index (χ3n) is 0. The number of halogens is 2. The van der Waals surface area contributed by atoms with E-state index in [1.807, 2.05) is 0 Å². The summed E-state index contributed by atoms with van der Waals surface area (Å²) in [6.07, 6.45) is 0.715. The highest BCUT2D eigenvalue weighted by atomic mass is 36.0. The molecule has 0 aromatic rings. The van der Waals surface area contributed by atoms with Crippen LogP contribution in [-0.4, -0.2) is 23.4 Å². The average molecular weight is 215 g/mol. The van der Waals surface area contributed by atoms with Crippen molar-refractivity contribution in [1.29, 1.82) is 0 Å². The quantitative estimate of drug-likeness (QED) is 0.473. The summed E-state index contributed by atoms with van der Waals surface area (Å²) in [4.78, 5) is 0. The van der Waals surface area contributed by atoms with Gasteiger partial charge >= 0.3 is 0 Å². The van der Waals surface area contributed by atoms with Gasteiger partial charge in [0.15, 0.2) is 0 Å². The Labute approximate surface area is 64.4 Å². The lowest BCUT2D eigenvalue weighted by atomic mass is 12.0. The van der Waals surface area contributed by atoms with Crippen molar-refractivity contribution in [1.82, 2.24) is 0 Å². The summed E-state index contributed by atoms with van der Waals surface area (Å²) in [6.45, 7) is 0. The number of rotatable bonds is 0. The highest BCUT2D eigenvalue weighted by Crippen LogP contribution is 1.89. The third-order valence-corrected chi connectivity index (χ3v) is 0. The van der Waals surface area contributed by atoms with Gasteiger partial charge in [-0.1, -0.05) is 0 Å². The zero-order chi connectivity index (χ0) is 8.08. The van der Waals surface area contributed by atoms with Crippen molar-refractivity contribution in [2.24, 2.45) is 0 Å². The summed E-state index contributed by atoms with van der Waals surface area (Å²) < 4.78 is 35.0. The lowest BCUT2D eigenvalue weighted by molar-refractivity contribution is 0.490. The molecule has 0 radical (unpaired) electrons. The smallest absolute Gasteiger partial charge is 0.261 e. The topological polar surface area (TPSA) is 71.4 Å². The van der Waals surface area contributed by atoms with E-state index in [0.29, 0.717) is 6.26 Å². The molecule has 58 valence electrons. The Morgan fingerprint density at radius 2 is 1.44 bits per heavy atom. The second-order valence-electron chi connectivity index (χ2n) is 0.917. The van der Waals surface area contributed by atoms with E-state index in [-0.39, 0.29) is 0 Å². The van der Waals surface area contributed by atoms with Crippen molar-refractivity contribution >= 4 is 40.7 Å². The molecule has 0 aromatic carbocycles. The molecule has 0 fully saturated rings. The monoisotopic (exact) mass is 214 g/mol. The van der Waals surface area contributed by atoms with E-state index in [1.54, 1.807) is 0 Å². The first-order valence-corrected chi connectivity index (χ1v) is 6.05. The molecular weight excluding hydrogens is 211 g/mol. The molecule has 0 aliphatic rings. The molecule has 0 unspecified atom stereocenters. The van der Waals surface area contributed by atoms with Crippen LogP contribution in [0.4, 0.5) is 0 Å². The molecule has 0 saturated carbocycles. The maximum atomic E-state index is 9.19. The third kappa shape index (κ3) is 930. The van der Waals surface area contributed by atoms with Gasteiger partial charge in [-0.25, -0.2) is 4.21 Å². The van der Waals surface area contributed by atoms with Crippen molar-refractivity contribution < 1.29 is 17.2 Å². The van der Waals surface area contributed by atoms with Gasteiger partial charge in [-0.15, -0.1) is 0 Å². The lowest BCUT2D eigenvalue weighted by Crippen LogP contribution is -1.88. The predicted molar refractivity (Wildman–Crippen MR) is 37.3 cm³/mol. The van der Waals surface area contributed by atoms with Crippen LogP contribution in [0.25, 0.3) is 0 Å². The van der Waals surface area contributed by atoms with E-state index >= 15 is 0 Å². The van der Waals surface area contributed by atoms with Crippen molar-refractivity contribution in [3.05, 3.63) is 0 Å². The highest BCUT2D eigenvalue weighted by Gasteiger charge is 1.81. The second-order valence-corrected chi connectivity index (χ2v) is 4.91. The maximum absolute atomic E-state index is 9.19. The normalized spacial score (nSPS) is 10.3. The minimum Gasteiger partial charge on any atom is -0.286 e. The predicted octanol–water partition coefficient (Wildman–Crippen LogP) is 0.547. The summed E-state index contributed by atoms with van der Waals surface area (Å²) >= 11 is 0. The van der Waals surface area contributed by atoms with Crippen LogP contribution in [0.1, 0.15) is 0 Å². The molecule has 0 bridgehead atoms. The maximum Gasteiger partial charge on any atom is 0.261 e. The van der Waals surface area contributed by atoms with E-state index in [1.165, 1.54) is 0 Å². The van der Waals surface area contributed by atoms with Crippen molar-refractivity contribution in [3.63, 3.8) is 0 Å². The van der Waals surface area contributed by atoms with E-state index in [2.05, 4.69) is 21.4 Å². The van der Waals surface area contributed by atoms with Crippen LogP contribution >= 0.6 is 21.4 Å². The molecule has 0 aliphatic heterocycles. The van der Waals surface area contributed by atoms with Gasteiger partial charge in [0.2, 0.25) is 9.23 Å². The lowest BCUT2D eigenvalue weighted by Gasteiger charge is -1.69. The summed E-state index contributed by atoms with van der Waals surface area (Å²) in [6, 6.07) is 0. The minimum atomic E-state index is -3.67. The Kier molecular flexibility index (Phi) is 7.43. The fourth-order valence-corrected chi connectivity index (χ4v) is 0. The Balaban J connectivity index is 0. The summed E-state index contributed by atoms with van der Waals surface area (Å²) in [5, 5.41) is 0. The van der Waals surface area contributed by atoms with Crippen LogP contribution < -0.4 is 0 Å². The molecular formula is CH4Cl2O4S2. The van der Waals surface area contributed by atoms with Gasteiger partial charge in [0.25, 0.3) is 10.1 Å². The Bertz CT molecular complexity index is 159. The molecule has 0 aliphatic carbocycles. The molecule has 1 N–H and O–H groups in total. The summed E-state index contributed by atoms with van der Waals surface area (Å²) in [5.74, 6) is 0. The summed E-state index contributed by atoms with van der Waals surface area (Å²) in [7, 11) is 3.69. The highest BCUT2D eigenvalue weighted by molar-refractivity contribution is 8.26. The van der Waals surface area contributed by atoms with Gasteiger partial charge in [-0.3, -0.25) is 4.55 Å². The first-order chi connectivity index (χ1) is 3.73. The molecule has 0 heterocycles. The first kappa shape index (κ1) is 12.3. The van der Waals surface area contributed by atoms with Crippen LogP contribution in [0.2, 0.25) is 0 Å². The van der Waals surface area contributed by atoms with Gasteiger partial charge in [-0.05, 0) is 0 Å². The van der Waals surface area contributed by atoms with E-state index < -0.39 is 19.3 Å². The fourth-order valence-electron chi connectivity index (χ4n) is 0. The average Bonchev–Trinajstić information content (AvgIpc) is 1.19. The number of hydrogen-bond acceptors (Lipinski definition) is 3. The largest absolute Gasteiger partial charge is 0.286 e. The van der Waals surface area contributed by atoms with E-state index in [0.717, 1.165) is 0 Å². The molecule has 8 heteroatoms. The molecule has 0 aromatic heterocycles. The number of hydrogen-bond donors (Lipinski definition) is 1. The van der Waals surface area contributed by atoms with Crippen LogP contribution in [0.15, 0.2) is 0 Å². The van der Waals surface area contributed by atoms with Gasteiger partial charge in [0, 0.05) is 21.4 Å². The molecule has 0 saturated heterocycles. The van der Waals surface area contributed by atoms with Crippen molar-refractivity contribution in [2.75, 3.05) is 6.26 Å². The Hall–Kier alpha value is 0.640. The Morgan fingerprint density at radius 1 is 1.44 bits per heavy atom. The molecule has 9 heavy (non-hydrogen) atoms. The van der Waals surface area contributed by atoms with Gasteiger partial charge in [0.05, 0.1) is 6.26 Å². The van der Waals surface area contributed by atoms with Crippen LogP contribution in [-0.2, 0) is 19.3 Å². The van der Waals surface area contributed by atoms with Crippen LogP contribution in [0.3, 0.4) is 0 Å². The SMILES string of the molecule is CS(=O)(=O)O.O=S(Cl)Cl. The minimum absolute atomic E-state index is 0.715. The molecule has 0 spiro atoms. The van der Waals surface area contributed by atoms with E-state index in [9.17, 15) is 8.42 Å². The zero-order valence-electron chi connectivity index (χ0n) is 4.24. The molecule has 0 amide bonds. The van der Waals surface area contributed by atoms with Gasteiger partial charge < -0.3 is 0 Å². The van der Waals surface area contributed by atoms with E-state index in [4.69, 9.17) is 8.76 Å².